The highest BCUT2D eigenvalue weighted by atomic mass is 79.9. The van der Waals surface area contributed by atoms with Gasteiger partial charge in [0.2, 0.25) is 0 Å². The number of rotatable bonds is 4. The molecule has 0 spiro atoms. The van der Waals surface area contributed by atoms with E-state index < -0.39 is 0 Å². The number of nitrogens with zero attached hydrogens (tertiary/aromatic N) is 1. The van der Waals surface area contributed by atoms with E-state index in [1.165, 1.54) is 0 Å². The minimum atomic E-state index is -0.376. The molecule has 1 aromatic carbocycles. The van der Waals surface area contributed by atoms with Crippen LogP contribution in [0.4, 0.5) is 0 Å². The Morgan fingerprint density at radius 1 is 1.10 bits per heavy atom. The van der Waals surface area contributed by atoms with Crippen molar-refractivity contribution in [3.05, 3.63) is 44.7 Å². The molecule has 5 nitrogen and oxygen atoms in total. The van der Waals surface area contributed by atoms with Gasteiger partial charge in [0.25, 0.3) is 0 Å². The minimum absolute atomic E-state index is 0.115. The Kier molecular flexibility index (Phi) is 5.75. The van der Waals surface area contributed by atoms with Gasteiger partial charge in [-0.05, 0) is 59.3 Å². The van der Waals surface area contributed by atoms with Gasteiger partial charge in [-0.25, -0.2) is 0 Å². The van der Waals surface area contributed by atoms with Crippen molar-refractivity contribution in [2.75, 3.05) is 20.8 Å². The number of ether oxygens (including phenoxy) is 2. The minimum Gasteiger partial charge on any atom is -0.493 e. The van der Waals surface area contributed by atoms with E-state index in [1.54, 1.807) is 7.11 Å². The molecule has 0 N–H and O–H groups in total. The van der Waals surface area contributed by atoms with Crippen LogP contribution in [0.15, 0.2) is 39.1 Å². The van der Waals surface area contributed by atoms with Crippen LogP contribution in [-0.2, 0) is 9.59 Å². The molecule has 0 unspecified atom stereocenters. The van der Waals surface area contributed by atoms with Gasteiger partial charge in [0.05, 0.1) is 11.6 Å². The fourth-order valence-corrected chi connectivity index (χ4v) is 5.42. The normalized spacial score (nSPS) is 19.5. The number of methoxy groups -OCH3 is 1. The van der Waals surface area contributed by atoms with Crippen molar-refractivity contribution in [1.82, 2.24) is 4.90 Å². The molecule has 0 aromatic heterocycles. The number of Topliss-reactive ketones (excluding diaryl/α,β-unsaturated/α-hetero) is 2. The first kappa shape index (κ1) is 20.7. The summed E-state index contributed by atoms with van der Waals surface area (Å²) < 4.78 is 11.9. The monoisotopic (exact) mass is 469 g/mol. The van der Waals surface area contributed by atoms with Crippen LogP contribution in [0.2, 0.25) is 0 Å². The molecular formula is C24H24BrNO4. The predicted octanol–water partition coefficient (Wildman–Crippen LogP) is 4.51. The van der Waals surface area contributed by atoms with E-state index in [0.29, 0.717) is 28.8 Å². The molecule has 3 aliphatic rings. The zero-order valence-corrected chi connectivity index (χ0v) is 18.8. The van der Waals surface area contributed by atoms with Crippen LogP contribution in [0.3, 0.4) is 0 Å². The van der Waals surface area contributed by atoms with Gasteiger partial charge < -0.3 is 14.4 Å². The van der Waals surface area contributed by atoms with E-state index in [1.807, 2.05) is 19.2 Å². The number of hydrogen-bond acceptors (Lipinski definition) is 5. The number of carbonyl (C=O) groups is 2. The summed E-state index contributed by atoms with van der Waals surface area (Å²) in [4.78, 5) is 28.3. The fraction of sp³-hybridized carbons (Fsp3) is 0.417. The van der Waals surface area contributed by atoms with Gasteiger partial charge in [-0.2, -0.15) is 0 Å². The molecule has 0 bridgehead atoms. The summed E-state index contributed by atoms with van der Waals surface area (Å²) in [5.41, 5.74) is 4.46. The van der Waals surface area contributed by atoms with E-state index in [4.69, 9.17) is 15.9 Å². The molecule has 0 amide bonds. The van der Waals surface area contributed by atoms with Gasteiger partial charge in [0.15, 0.2) is 23.1 Å². The lowest BCUT2D eigenvalue weighted by Gasteiger charge is -2.42. The standard InChI is InChI=1S/C24H24BrNO4/c1-4-11-30-24-15(25)12-14(13-20(24)29-3)21-22-16(7-5-9-18(22)27)26(2)17-8-6-10-19(28)23(17)21/h1,12-13,21H,5-11H2,2-3H3. The van der Waals surface area contributed by atoms with Crippen LogP contribution in [0.5, 0.6) is 11.5 Å². The maximum absolute atomic E-state index is 13.1. The molecule has 0 saturated carbocycles. The third kappa shape index (κ3) is 3.35. The average molecular weight is 470 g/mol. The molecule has 1 heterocycles. The smallest absolute Gasteiger partial charge is 0.176 e. The van der Waals surface area contributed by atoms with Crippen molar-refractivity contribution in [3.8, 4) is 23.8 Å². The quantitative estimate of drug-likeness (QED) is 0.607. The first-order chi connectivity index (χ1) is 14.5. The Balaban J connectivity index is 1.92. The van der Waals surface area contributed by atoms with Crippen LogP contribution in [0.1, 0.15) is 50.0 Å². The maximum atomic E-state index is 13.1. The van der Waals surface area contributed by atoms with Crippen LogP contribution in [0.25, 0.3) is 0 Å². The van der Waals surface area contributed by atoms with Crippen molar-refractivity contribution in [3.63, 3.8) is 0 Å². The molecule has 6 heteroatoms. The first-order valence-electron chi connectivity index (χ1n) is 10.2. The summed E-state index contributed by atoms with van der Waals surface area (Å²) in [6.45, 7) is 0.115. The average Bonchev–Trinajstić information content (AvgIpc) is 2.74. The van der Waals surface area contributed by atoms with Gasteiger partial charge in [0, 0.05) is 48.3 Å². The number of benzene rings is 1. The van der Waals surface area contributed by atoms with Crippen molar-refractivity contribution in [1.29, 1.82) is 0 Å². The van der Waals surface area contributed by atoms with Crippen molar-refractivity contribution < 1.29 is 19.1 Å². The molecule has 0 fully saturated rings. The van der Waals surface area contributed by atoms with Crippen molar-refractivity contribution in [2.45, 2.75) is 44.4 Å². The highest BCUT2D eigenvalue weighted by molar-refractivity contribution is 9.10. The largest absolute Gasteiger partial charge is 0.493 e. The molecular weight excluding hydrogens is 446 g/mol. The Hall–Kier alpha value is -2.52. The Morgan fingerprint density at radius 2 is 1.70 bits per heavy atom. The van der Waals surface area contributed by atoms with Crippen LogP contribution in [-0.4, -0.2) is 37.2 Å². The number of terminal acetylenes is 1. The molecule has 1 aliphatic heterocycles. The molecule has 156 valence electrons. The molecule has 1 aromatic rings. The van der Waals surface area contributed by atoms with E-state index in [-0.39, 0.29) is 24.1 Å². The highest BCUT2D eigenvalue weighted by Gasteiger charge is 2.42. The van der Waals surface area contributed by atoms with E-state index in [9.17, 15) is 9.59 Å². The summed E-state index contributed by atoms with van der Waals surface area (Å²) in [5, 5.41) is 0. The maximum Gasteiger partial charge on any atom is 0.176 e. The Morgan fingerprint density at radius 3 is 2.23 bits per heavy atom. The van der Waals surface area contributed by atoms with Gasteiger partial charge >= 0.3 is 0 Å². The zero-order valence-electron chi connectivity index (χ0n) is 17.2. The van der Waals surface area contributed by atoms with E-state index in [2.05, 4.69) is 26.8 Å². The van der Waals surface area contributed by atoms with Gasteiger partial charge in [0.1, 0.15) is 6.61 Å². The third-order valence-corrected chi connectivity index (χ3v) is 6.72. The summed E-state index contributed by atoms with van der Waals surface area (Å²) in [5.74, 6) is 3.36. The Bertz CT molecular complexity index is 986. The van der Waals surface area contributed by atoms with E-state index in [0.717, 1.165) is 53.8 Å². The van der Waals surface area contributed by atoms with Crippen LogP contribution >= 0.6 is 15.9 Å². The van der Waals surface area contributed by atoms with Crippen LogP contribution in [0, 0.1) is 12.3 Å². The van der Waals surface area contributed by atoms with Crippen molar-refractivity contribution in [2.24, 2.45) is 0 Å². The van der Waals surface area contributed by atoms with Crippen molar-refractivity contribution >= 4 is 27.5 Å². The summed E-state index contributed by atoms with van der Waals surface area (Å²) in [6, 6.07) is 3.79. The summed E-state index contributed by atoms with van der Waals surface area (Å²) in [6.07, 6.45) is 9.75. The summed E-state index contributed by atoms with van der Waals surface area (Å²) in [7, 11) is 3.56. The Labute approximate surface area is 185 Å². The lowest BCUT2D eigenvalue weighted by atomic mass is 9.71. The third-order valence-electron chi connectivity index (χ3n) is 6.13. The van der Waals surface area contributed by atoms with Gasteiger partial charge in [-0.1, -0.05) is 5.92 Å². The van der Waals surface area contributed by atoms with Crippen LogP contribution < -0.4 is 9.47 Å². The number of allylic oxidation sites excluding steroid dienone is 4. The topological polar surface area (TPSA) is 55.8 Å². The second-order valence-corrected chi connectivity index (χ2v) is 8.65. The molecule has 0 atom stereocenters. The summed E-state index contributed by atoms with van der Waals surface area (Å²) >= 11 is 3.57. The highest BCUT2D eigenvalue weighted by Crippen LogP contribution is 2.50. The molecule has 0 radical (unpaired) electrons. The number of hydrogen-bond donors (Lipinski definition) is 0. The fourth-order valence-electron chi connectivity index (χ4n) is 4.85. The number of halogens is 1. The molecule has 4 rings (SSSR count). The zero-order chi connectivity index (χ0) is 21.4. The second kappa shape index (κ2) is 8.31. The first-order valence-corrected chi connectivity index (χ1v) is 11.0. The van der Waals surface area contributed by atoms with Gasteiger partial charge in [-0.3, -0.25) is 9.59 Å². The number of carbonyl (C=O) groups excluding carboxylic acids is 2. The lowest BCUT2D eigenvalue weighted by molar-refractivity contribution is -0.117. The molecule has 30 heavy (non-hydrogen) atoms. The van der Waals surface area contributed by atoms with E-state index >= 15 is 0 Å². The predicted molar refractivity (Wildman–Crippen MR) is 117 cm³/mol. The lowest BCUT2D eigenvalue weighted by Crippen LogP contribution is -2.37. The molecule has 2 aliphatic carbocycles. The number of ketones is 2. The second-order valence-electron chi connectivity index (χ2n) is 7.79. The van der Waals surface area contributed by atoms with Gasteiger partial charge in [-0.15, -0.1) is 6.42 Å². The SMILES string of the molecule is C#CCOc1c(Br)cc(C2C3=C(CCCC3=O)N(C)C3=C2C(=O)CCC3)cc1OC. The molecule has 0 saturated heterocycles.